The summed E-state index contributed by atoms with van der Waals surface area (Å²) in [7, 11) is 0. The summed E-state index contributed by atoms with van der Waals surface area (Å²) >= 11 is 0. The van der Waals surface area contributed by atoms with E-state index in [1.165, 1.54) is 32.1 Å². The van der Waals surface area contributed by atoms with Gasteiger partial charge in [-0.2, -0.15) is 0 Å². The lowest BCUT2D eigenvalue weighted by Gasteiger charge is -2.42. The highest BCUT2D eigenvalue weighted by molar-refractivity contribution is 5.03. The molecule has 0 radical (unpaired) electrons. The van der Waals surface area contributed by atoms with Gasteiger partial charge in [-0.3, -0.25) is 0 Å². The molecule has 2 aliphatic rings. The van der Waals surface area contributed by atoms with Crippen LogP contribution in [0.2, 0.25) is 0 Å². The summed E-state index contributed by atoms with van der Waals surface area (Å²) in [5.41, 5.74) is 1.29. The van der Waals surface area contributed by atoms with Gasteiger partial charge in [0.2, 0.25) is 0 Å². The minimum absolute atomic E-state index is 0.623. The largest absolute Gasteiger partial charge is 0.0623 e. The molecule has 0 bridgehead atoms. The Hall–Kier alpha value is 0. The van der Waals surface area contributed by atoms with Crippen LogP contribution in [-0.2, 0) is 0 Å². The van der Waals surface area contributed by atoms with Gasteiger partial charge in [0, 0.05) is 0 Å². The standard InChI is InChI=1S/C15H28/c1-11(2)14(4)9-13-8-6-7-12(3)15(13,5)10-14/h11-13H,6-10H2,1-5H3/t12-,13+,14-,15+/m1/s1. The van der Waals surface area contributed by atoms with E-state index in [0.29, 0.717) is 10.8 Å². The monoisotopic (exact) mass is 208 g/mol. The summed E-state index contributed by atoms with van der Waals surface area (Å²) in [6.07, 6.45) is 7.43. The Morgan fingerprint density at radius 1 is 1.13 bits per heavy atom. The second-order valence-electron chi connectivity index (χ2n) is 7.22. The molecule has 0 heteroatoms. The van der Waals surface area contributed by atoms with Gasteiger partial charge in [-0.05, 0) is 47.8 Å². The molecular formula is C15H28. The summed E-state index contributed by atoms with van der Waals surface area (Å²) < 4.78 is 0. The van der Waals surface area contributed by atoms with Gasteiger partial charge in [0.05, 0.1) is 0 Å². The van der Waals surface area contributed by atoms with Gasteiger partial charge < -0.3 is 0 Å². The normalized spacial score (nSPS) is 50.8. The molecule has 0 aromatic carbocycles. The molecule has 0 aliphatic heterocycles. The predicted octanol–water partition coefficient (Wildman–Crippen LogP) is 4.89. The lowest BCUT2D eigenvalue weighted by Crippen LogP contribution is -2.33. The van der Waals surface area contributed by atoms with Gasteiger partial charge in [-0.1, -0.05) is 47.5 Å². The van der Waals surface area contributed by atoms with Gasteiger partial charge in [0.1, 0.15) is 0 Å². The van der Waals surface area contributed by atoms with Crippen molar-refractivity contribution in [2.45, 2.75) is 66.7 Å². The first-order valence-electron chi connectivity index (χ1n) is 6.88. The van der Waals surface area contributed by atoms with Crippen molar-refractivity contribution in [3.63, 3.8) is 0 Å². The van der Waals surface area contributed by atoms with Gasteiger partial charge in [0.15, 0.2) is 0 Å². The first-order valence-corrected chi connectivity index (χ1v) is 6.88. The highest BCUT2D eigenvalue weighted by Gasteiger charge is 2.53. The molecule has 2 aliphatic carbocycles. The van der Waals surface area contributed by atoms with Crippen LogP contribution in [0.5, 0.6) is 0 Å². The highest BCUT2D eigenvalue weighted by atomic mass is 14.6. The number of rotatable bonds is 1. The molecule has 0 spiro atoms. The molecule has 0 N–H and O–H groups in total. The first-order chi connectivity index (χ1) is 6.88. The second-order valence-corrected chi connectivity index (χ2v) is 7.22. The third kappa shape index (κ3) is 1.65. The maximum atomic E-state index is 2.58. The van der Waals surface area contributed by atoms with Crippen LogP contribution in [0.25, 0.3) is 0 Å². The van der Waals surface area contributed by atoms with Crippen molar-refractivity contribution >= 4 is 0 Å². The van der Waals surface area contributed by atoms with Gasteiger partial charge in [-0.25, -0.2) is 0 Å². The van der Waals surface area contributed by atoms with Crippen molar-refractivity contribution in [1.82, 2.24) is 0 Å². The fraction of sp³-hybridized carbons (Fsp3) is 1.00. The number of fused-ring (bicyclic) bond motifs is 1. The first kappa shape index (κ1) is 11.5. The molecule has 2 saturated carbocycles. The minimum Gasteiger partial charge on any atom is -0.0623 e. The van der Waals surface area contributed by atoms with Gasteiger partial charge >= 0.3 is 0 Å². The van der Waals surface area contributed by atoms with E-state index >= 15 is 0 Å². The van der Waals surface area contributed by atoms with Crippen LogP contribution >= 0.6 is 0 Å². The third-order valence-corrected chi connectivity index (χ3v) is 6.14. The van der Waals surface area contributed by atoms with Gasteiger partial charge in [0.25, 0.3) is 0 Å². The molecule has 0 heterocycles. The zero-order valence-corrected chi connectivity index (χ0v) is 11.3. The molecular weight excluding hydrogens is 180 g/mol. The molecule has 0 nitrogen and oxygen atoms in total. The fourth-order valence-corrected chi connectivity index (χ4v) is 4.33. The molecule has 0 saturated heterocycles. The van der Waals surface area contributed by atoms with E-state index in [1.54, 1.807) is 0 Å². The van der Waals surface area contributed by atoms with Crippen LogP contribution in [0.15, 0.2) is 0 Å². The lowest BCUT2D eigenvalue weighted by atomic mass is 9.63. The van der Waals surface area contributed by atoms with Crippen molar-refractivity contribution < 1.29 is 0 Å². The van der Waals surface area contributed by atoms with E-state index in [2.05, 4.69) is 34.6 Å². The van der Waals surface area contributed by atoms with Crippen molar-refractivity contribution in [1.29, 1.82) is 0 Å². The molecule has 0 aromatic heterocycles. The molecule has 2 rings (SSSR count). The lowest BCUT2D eigenvalue weighted by molar-refractivity contribution is 0.0744. The topological polar surface area (TPSA) is 0 Å². The summed E-state index contributed by atoms with van der Waals surface area (Å²) in [6.45, 7) is 12.5. The van der Waals surface area contributed by atoms with Crippen LogP contribution in [0.1, 0.15) is 66.7 Å². The van der Waals surface area contributed by atoms with Crippen molar-refractivity contribution in [3.8, 4) is 0 Å². The minimum atomic E-state index is 0.623. The fourth-order valence-electron chi connectivity index (χ4n) is 4.33. The molecule has 2 fully saturated rings. The van der Waals surface area contributed by atoms with Crippen LogP contribution in [0.4, 0.5) is 0 Å². The molecule has 4 atom stereocenters. The quantitative estimate of drug-likeness (QED) is 0.576. The van der Waals surface area contributed by atoms with E-state index in [1.807, 2.05) is 0 Å². The zero-order valence-electron chi connectivity index (χ0n) is 11.3. The molecule has 0 aromatic rings. The van der Waals surface area contributed by atoms with Gasteiger partial charge in [-0.15, -0.1) is 0 Å². The summed E-state index contributed by atoms with van der Waals surface area (Å²) in [4.78, 5) is 0. The molecule has 0 unspecified atom stereocenters. The summed E-state index contributed by atoms with van der Waals surface area (Å²) in [6, 6.07) is 0. The molecule has 0 amide bonds. The van der Waals surface area contributed by atoms with E-state index in [-0.39, 0.29) is 0 Å². The number of hydrogen-bond donors (Lipinski definition) is 0. The van der Waals surface area contributed by atoms with Crippen LogP contribution in [0, 0.1) is 28.6 Å². The SMILES string of the molecule is CC(C)[C@]1(C)C[C@@H]2CCC[C@@H](C)[C@]2(C)C1. The Bertz CT molecular complexity index is 242. The van der Waals surface area contributed by atoms with E-state index in [9.17, 15) is 0 Å². The zero-order chi connectivity index (χ0) is 11.3. The maximum Gasteiger partial charge on any atom is -0.0266 e. The van der Waals surface area contributed by atoms with Crippen LogP contribution < -0.4 is 0 Å². The summed E-state index contributed by atoms with van der Waals surface area (Å²) in [5.74, 6) is 2.83. The van der Waals surface area contributed by atoms with E-state index in [0.717, 1.165) is 17.8 Å². The highest BCUT2D eigenvalue weighted by Crippen LogP contribution is 2.63. The van der Waals surface area contributed by atoms with Crippen molar-refractivity contribution in [2.75, 3.05) is 0 Å². The Kier molecular flexibility index (Phi) is 2.68. The van der Waals surface area contributed by atoms with Crippen LogP contribution in [0.3, 0.4) is 0 Å². The van der Waals surface area contributed by atoms with E-state index in [4.69, 9.17) is 0 Å². The van der Waals surface area contributed by atoms with Crippen LogP contribution in [-0.4, -0.2) is 0 Å². The maximum absolute atomic E-state index is 2.58. The Morgan fingerprint density at radius 2 is 1.80 bits per heavy atom. The predicted molar refractivity (Wildman–Crippen MR) is 66.8 cm³/mol. The molecule has 88 valence electrons. The number of hydrogen-bond acceptors (Lipinski definition) is 0. The Morgan fingerprint density at radius 3 is 2.33 bits per heavy atom. The smallest absolute Gasteiger partial charge is 0.0266 e. The average molecular weight is 208 g/mol. The van der Waals surface area contributed by atoms with E-state index < -0.39 is 0 Å². The Balaban J connectivity index is 2.23. The third-order valence-electron chi connectivity index (χ3n) is 6.14. The second kappa shape index (κ2) is 3.50. The summed E-state index contributed by atoms with van der Waals surface area (Å²) in [5, 5.41) is 0. The molecule has 15 heavy (non-hydrogen) atoms. The van der Waals surface area contributed by atoms with Crippen molar-refractivity contribution in [3.05, 3.63) is 0 Å². The average Bonchev–Trinajstić information content (AvgIpc) is 2.41. The Labute approximate surface area is 95.8 Å². The van der Waals surface area contributed by atoms with Crippen molar-refractivity contribution in [2.24, 2.45) is 28.6 Å².